The number of nitrogens with one attached hydrogen (secondary N) is 1. The molecule has 0 saturated carbocycles. The first-order chi connectivity index (χ1) is 13.7. The number of benzene rings is 3. The molecule has 1 N–H and O–H groups in total. The summed E-state index contributed by atoms with van der Waals surface area (Å²) < 4.78 is 14.9. The number of carbonyl (C=O) groups is 1. The van der Waals surface area contributed by atoms with Crippen molar-refractivity contribution in [3.63, 3.8) is 0 Å². The second-order valence-electron chi connectivity index (χ2n) is 6.34. The molecule has 138 valence electrons. The zero-order valence-electron chi connectivity index (χ0n) is 15.0. The fourth-order valence-electron chi connectivity index (χ4n) is 3.00. The van der Waals surface area contributed by atoms with E-state index in [0.717, 1.165) is 16.6 Å². The summed E-state index contributed by atoms with van der Waals surface area (Å²) in [6, 6.07) is 23.3. The van der Waals surface area contributed by atoms with E-state index in [1.807, 2.05) is 71.3 Å². The number of rotatable bonds is 5. The minimum Gasteiger partial charge on any atom is -0.325 e. The minimum absolute atomic E-state index is 0.104. The van der Waals surface area contributed by atoms with Crippen molar-refractivity contribution in [3.8, 4) is 0 Å². The van der Waals surface area contributed by atoms with Crippen LogP contribution >= 0.6 is 0 Å². The third-order valence-corrected chi connectivity index (χ3v) is 4.34. The van der Waals surface area contributed by atoms with E-state index in [9.17, 15) is 9.18 Å². The molecule has 0 saturated heterocycles. The monoisotopic (exact) mass is 371 g/mol. The normalized spacial score (nSPS) is 11.2. The molecule has 0 spiro atoms. The highest BCUT2D eigenvalue weighted by molar-refractivity contribution is 5.92. The Labute approximate surface area is 162 Å². The smallest absolute Gasteiger partial charge is 0.244 e. The predicted molar refractivity (Wildman–Crippen MR) is 110 cm³/mol. The molecule has 0 aliphatic rings. The third kappa shape index (κ3) is 3.99. The lowest BCUT2D eigenvalue weighted by Gasteiger charge is -2.09. The Hall–Kier alpha value is -3.73. The second kappa shape index (κ2) is 7.88. The minimum atomic E-state index is -0.341. The van der Waals surface area contributed by atoms with Gasteiger partial charge in [-0.05, 0) is 48.0 Å². The van der Waals surface area contributed by atoms with Gasteiger partial charge in [0.05, 0.1) is 11.0 Å². The fourth-order valence-corrected chi connectivity index (χ4v) is 3.00. The number of amides is 1. The lowest BCUT2D eigenvalue weighted by molar-refractivity contribution is -0.116. The maximum absolute atomic E-state index is 13.0. The van der Waals surface area contributed by atoms with E-state index in [1.54, 1.807) is 0 Å². The van der Waals surface area contributed by atoms with Gasteiger partial charge in [-0.2, -0.15) is 0 Å². The van der Waals surface area contributed by atoms with E-state index >= 15 is 0 Å². The Bertz CT molecular complexity index is 1130. The maximum Gasteiger partial charge on any atom is 0.244 e. The Balaban J connectivity index is 1.62. The van der Waals surface area contributed by atoms with Crippen LogP contribution in [0.4, 0.5) is 10.1 Å². The SMILES string of the molecule is O=C(Cn1c(C=Cc2ccccc2)nc2ccccc21)Nc1ccc(F)cc1. The molecule has 5 heteroatoms. The van der Waals surface area contributed by atoms with Crippen LogP contribution < -0.4 is 5.32 Å². The van der Waals surface area contributed by atoms with Crippen LogP contribution in [0.3, 0.4) is 0 Å². The lowest BCUT2D eigenvalue weighted by atomic mass is 10.2. The molecule has 0 bridgehead atoms. The van der Waals surface area contributed by atoms with Gasteiger partial charge in [-0.25, -0.2) is 9.37 Å². The number of aromatic nitrogens is 2. The zero-order chi connectivity index (χ0) is 19.3. The summed E-state index contributed by atoms with van der Waals surface area (Å²) >= 11 is 0. The Morgan fingerprint density at radius 1 is 0.929 bits per heavy atom. The quantitative estimate of drug-likeness (QED) is 0.538. The Morgan fingerprint density at radius 3 is 2.43 bits per heavy atom. The number of nitrogens with zero attached hydrogens (tertiary/aromatic N) is 2. The van der Waals surface area contributed by atoms with Crippen molar-refractivity contribution in [2.45, 2.75) is 6.54 Å². The highest BCUT2D eigenvalue weighted by Crippen LogP contribution is 2.18. The molecule has 1 aromatic heterocycles. The first-order valence-corrected chi connectivity index (χ1v) is 8.93. The third-order valence-electron chi connectivity index (χ3n) is 4.34. The van der Waals surface area contributed by atoms with Crippen molar-refractivity contribution in [2.24, 2.45) is 0 Å². The Morgan fingerprint density at radius 2 is 1.64 bits per heavy atom. The highest BCUT2D eigenvalue weighted by Gasteiger charge is 2.12. The first kappa shape index (κ1) is 17.7. The summed E-state index contributed by atoms with van der Waals surface area (Å²) in [5.74, 6) is 0.148. The van der Waals surface area contributed by atoms with E-state index in [1.165, 1.54) is 24.3 Å². The zero-order valence-corrected chi connectivity index (χ0v) is 15.0. The highest BCUT2D eigenvalue weighted by atomic mass is 19.1. The average molecular weight is 371 g/mol. The number of anilines is 1. The van der Waals surface area contributed by atoms with Crippen LogP contribution in [0.1, 0.15) is 11.4 Å². The lowest BCUT2D eigenvalue weighted by Crippen LogP contribution is -2.19. The number of hydrogen-bond donors (Lipinski definition) is 1. The van der Waals surface area contributed by atoms with Crippen LogP contribution in [0.5, 0.6) is 0 Å². The molecule has 28 heavy (non-hydrogen) atoms. The molecule has 1 amide bonds. The van der Waals surface area contributed by atoms with Crippen molar-refractivity contribution < 1.29 is 9.18 Å². The standard InChI is InChI=1S/C23H18FN3O/c24-18-11-13-19(14-12-18)25-23(28)16-27-21-9-5-4-8-20(21)26-22(27)15-10-17-6-2-1-3-7-17/h1-15H,16H2,(H,25,28). The molecule has 0 atom stereocenters. The predicted octanol–water partition coefficient (Wildman–Crippen LogP) is 4.98. The van der Waals surface area contributed by atoms with Crippen molar-refractivity contribution in [1.29, 1.82) is 0 Å². The summed E-state index contributed by atoms with van der Waals surface area (Å²) in [5.41, 5.74) is 3.31. The molecule has 4 aromatic rings. The molecular weight excluding hydrogens is 353 g/mol. The molecule has 4 nitrogen and oxygen atoms in total. The summed E-state index contributed by atoms with van der Waals surface area (Å²) in [6.07, 6.45) is 3.87. The van der Waals surface area contributed by atoms with Gasteiger partial charge < -0.3 is 9.88 Å². The van der Waals surface area contributed by atoms with Gasteiger partial charge in [0.2, 0.25) is 5.91 Å². The van der Waals surface area contributed by atoms with Crippen LogP contribution in [-0.4, -0.2) is 15.5 Å². The molecule has 0 fully saturated rings. The van der Waals surface area contributed by atoms with Crippen LogP contribution in [0.2, 0.25) is 0 Å². The first-order valence-electron chi connectivity index (χ1n) is 8.93. The van der Waals surface area contributed by atoms with Crippen molar-refractivity contribution in [2.75, 3.05) is 5.32 Å². The van der Waals surface area contributed by atoms with Crippen LogP contribution in [0.15, 0.2) is 78.9 Å². The summed E-state index contributed by atoms with van der Waals surface area (Å²) in [7, 11) is 0. The van der Waals surface area contributed by atoms with E-state index in [4.69, 9.17) is 0 Å². The van der Waals surface area contributed by atoms with E-state index < -0.39 is 0 Å². The van der Waals surface area contributed by atoms with Crippen LogP contribution in [0, 0.1) is 5.82 Å². The van der Waals surface area contributed by atoms with Gasteiger partial charge in [0.25, 0.3) is 0 Å². The van der Waals surface area contributed by atoms with Crippen molar-refractivity contribution in [3.05, 3.63) is 96.1 Å². The molecule has 1 heterocycles. The Kier molecular flexibility index (Phi) is 4.97. The van der Waals surface area contributed by atoms with Gasteiger partial charge in [-0.1, -0.05) is 48.5 Å². The van der Waals surface area contributed by atoms with Gasteiger partial charge in [-0.3, -0.25) is 4.79 Å². The molecule has 0 aliphatic carbocycles. The largest absolute Gasteiger partial charge is 0.325 e. The molecule has 4 rings (SSSR count). The molecule has 3 aromatic carbocycles. The van der Waals surface area contributed by atoms with Gasteiger partial charge in [0, 0.05) is 5.69 Å². The topological polar surface area (TPSA) is 46.9 Å². The van der Waals surface area contributed by atoms with Crippen LogP contribution in [-0.2, 0) is 11.3 Å². The van der Waals surface area contributed by atoms with Gasteiger partial charge >= 0.3 is 0 Å². The molecular formula is C23H18FN3O. The van der Waals surface area contributed by atoms with Gasteiger partial charge in [0.1, 0.15) is 18.2 Å². The summed E-state index contributed by atoms with van der Waals surface area (Å²) in [5, 5.41) is 2.79. The maximum atomic E-state index is 13.0. The van der Waals surface area contributed by atoms with E-state index in [0.29, 0.717) is 11.5 Å². The fraction of sp³-hybridized carbons (Fsp3) is 0.0435. The summed E-state index contributed by atoms with van der Waals surface area (Å²) in [6.45, 7) is 0.104. The average Bonchev–Trinajstić information content (AvgIpc) is 3.06. The van der Waals surface area contributed by atoms with Crippen molar-refractivity contribution in [1.82, 2.24) is 9.55 Å². The molecule has 0 radical (unpaired) electrons. The van der Waals surface area contributed by atoms with Crippen LogP contribution in [0.25, 0.3) is 23.2 Å². The number of para-hydroxylation sites is 2. The van der Waals surface area contributed by atoms with Gasteiger partial charge in [-0.15, -0.1) is 0 Å². The summed E-state index contributed by atoms with van der Waals surface area (Å²) in [4.78, 5) is 17.2. The van der Waals surface area contributed by atoms with Gasteiger partial charge in [0.15, 0.2) is 0 Å². The molecule has 0 aliphatic heterocycles. The number of carbonyl (C=O) groups excluding carboxylic acids is 1. The van der Waals surface area contributed by atoms with Crippen molar-refractivity contribution >= 4 is 34.8 Å². The second-order valence-corrected chi connectivity index (χ2v) is 6.34. The number of imidazole rings is 1. The van der Waals surface area contributed by atoms with E-state index in [-0.39, 0.29) is 18.3 Å². The number of fused-ring (bicyclic) bond motifs is 1. The molecule has 0 unspecified atom stereocenters. The number of halogens is 1. The van der Waals surface area contributed by atoms with E-state index in [2.05, 4.69) is 10.3 Å². The number of hydrogen-bond acceptors (Lipinski definition) is 2.